The number of hydrogen-bond acceptors (Lipinski definition) is 7. The molecule has 1 saturated heterocycles. The third kappa shape index (κ3) is 8.64. The maximum atomic E-state index is 13.2. The molecule has 1 fully saturated rings. The fraction of sp³-hybridized carbons (Fsp3) is 0.741. The second-order valence-corrected chi connectivity index (χ2v) is 12.4. The van der Waals surface area contributed by atoms with Crippen molar-refractivity contribution in [3.8, 4) is 0 Å². The Morgan fingerprint density at radius 3 is 2.65 bits per heavy atom. The first-order valence-corrected chi connectivity index (χ1v) is 13.8. The monoisotopic (exact) mass is 534 g/mol. The Bertz CT molecular complexity index is 1030. The molecule has 0 spiro atoms. The Kier molecular flexibility index (Phi) is 10.9. The van der Waals surface area contributed by atoms with Crippen LogP contribution in [-0.4, -0.2) is 50.8 Å². The normalized spacial score (nSPS) is 23.0. The fourth-order valence-corrected chi connectivity index (χ4v) is 5.59. The number of carbonyl (C=O) groups excluding carboxylic acids is 1. The first kappa shape index (κ1) is 31.0. The van der Waals surface area contributed by atoms with E-state index in [0.29, 0.717) is 0 Å². The number of hydrogen-bond donors (Lipinski definition) is 2. The topological polar surface area (TPSA) is 149 Å². The van der Waals surface area contributed by atoms with E-state index in [0.717, 1.165) is 42.8 Å². The van der Waals surface area contributed by atoms with Crippen LogP contribution in [0.1, 0.15) is 90.8 Å². The zero-order valence-electron chi connectivity index (χ0n) is 23.1. The third-order valence-electron chi connectivity index (χ3n) is 7.74. The van der Waals surface area contributed by atoms with E-state index in [1.54, 1.807) is 32.1 Å². The number of ether oxygens (including phenoxy) is 1. The number of aliphatic hydroxyl groups excluding tert-OH is 1. The summed E-state index contributed by atoms with van der Waals surface area (Å²) in [5.41, 5.74) is 9.77. The molecule has 0 aromatic carbocycles. The lowest BCUT2D eigenvalue weighted by Gasteiger charge is -2.34. The van der Waals surface area contributed by atoms with Crippen molar-refractivity contribution in [2.45, 2.75) is 111 Å². The highest BCUT2D eigenvalue weighted by Crippen LogP contribution is 2.44. The number of nitrogens with zero attached hydrogens (tertiary/aromatic N) is 4. The molecule has 0 radical (unpaired) electrons. The van der Waals surface area contributed by atoms with Crippen LogP contribution >= 0.6 is 11.3 Å². The number of ketones is 1. The minimum Gasteiger partial charge on any atom is -0.481 e. The molecule has 1 aliphatic heterocycles. The van der Waals surface area contributed by atoms with E-state index in [4.69, 9.17) is 15.4 Å². The number of carboxylic acids is 1. The molecule has 37 heavy (non-hydrogen) atoms. The molecular formula is C27H42N4O5S. The van der Waals surface area contributed by atoms with Crippen molar-refractivity contribution in [2.24, 2.45) is 22.4 Å². The fourth-order valence-electron chi connectivity index (χ4n) is 5.02. The first-order valence-electron chi connectivity index (χ1n) is 13.0. The smallest absolute Gasteiger partial charge is 0.303 e. The highest BCUT2D eigenvalue weighted by atomic mass is 32.1. The minimum atomic E-state index is -1.21. The maximum absolute atomic E-state index is 13.2. The third-order valence-corrected chi connectivity index (χ3v) is 8.53. The van der Waals surface area contributed by atoms with E-state index < -0.39 is 35.9 Å². The van der Waals surface area contributed by atoms with Crippen LogP contribution in [0.4, 0.5) is 0 Å². The molecule has 2 rings (SSSR count). The Labute approximate surface area is 224 Å². The van der Waals surface area contributed by atoms with Gasteiger partial charge in [0.25, 0.3) is 0 Å². The molecule has 0 bridgehead atoms. The SMILES string of the molecule is CC(=Cc1csc(C)n1)CC[C@@H]1O[C@]1(C)CCC[C@H](C)[C@H](O)[C@@H](C)C(=O)C(C)(C)[C@H](CC(=O)O)N=[N+]=[N-]. The molecule has 0 aliphatic carbocycles. The van der Waals surface area contributed by atoms with Crippen molar-refractivity contribution < 1.29 is 24.5 Å². The van der Waals surface area contributed by atoms with Crippen molar-refractivity contribution in [1.82, 2.24) is 4.98 Å². The second-order valence-electron chi connectivity index (χ2n) is 11.3. The van der Waals surface area contributed by atoms with E-state index in [1.807, 2.05) is 13.8 Å². The Morgan fingerprint density at radius 2 is 2.08 bits per heavy atom. The van der Waals surface area contributed by atoms with Gasteiger partial charge in [0.15, 0.2) is 0 Å². The summed E-state index contributed by atoms with van der Waals surface area (Å²) >= 11 is 1.65. The number of epoxide rings is 1. The van der Waals surface area contributed by atoms with Crippen LogP contribution < -0.4 is 0 Å². The zero-order chi connectivity index (χ0) is 28.0. The summed E-state index contributed by atoms with van der Waals surface area (Å²) in [6, 6.07) is -1.03. The van der Waals surface area contributed by atoms with Gasteiger partial charge in [-0.2, -0.15) is 0 Å². The van der Waals surface area contributed by atoms with Gasteiger partial charge in [-0.15, -0.1) is 11.3 Å². The van der Waals surface area contributed by atoms with Crippen LogP contribution in [-0.2, 0) is 14.3 Å². The lowest BCUT2D eigenvalue weighted by Crippen LogP contribution is -2.44. The number of aryl methyl sites for hydroxylation is 1. The van der Waals surface area contributed by atoms with Crippen LogP contribution in [0.3, 0.4) is 0 Å². The number of carboxylic acid groups (broad SMARTS) is 1. The van der Waals surface area contributed by atoms with E-state index >= 15 is 0 Å². The number of aliphatic hydroxyl groups is 1. The van der Waals surface area contributed by atoms with Crippen molar-refractivity contribution >= 4 is 29.2 Å². The highest BCUT2D eigenvalue weighted by molar-refractivity contribution is 7.09. The summed E-state index contributed by atoms with van der Waals surface area (Å²) in [7, 11) is 0. The van der Waals surface area contributed by atoms with Crippen LogP contribution in [0.25, 0.3) is 16.5 Å². The molecule has 206 valence electrons. The Hall–Kier alpha value is -2.26. The molecule has 0 amide bonds. The number of Topliss-reactive ketones (excluding diaryl/α,β-unsaturated/α-hetero) is 1. The summed E-state index contributed by atoms with van der Waals surface area (Å²) < 4.78 is 6.02. The van der Waals surface area contributed by atoms with Gasteiger partial charge >= 0.3 is 5.97 Å². The van der Waals surface area contributed by atoms with Crippen molar-refractivity contribution in [3.05, 3.63) is 32.1 Å². The van der Waals surface area contributed by atoms with Gasteiger partial charge in [-0.05, 0) is 64.0 Å². The average molecular weight is 535 g/mol. The number of allylic oxidation sites excluding steroid dienone is 1. The Balaban J connectivity index is 1.81. The summed E-state index contributed by atoms with van der Waals surface area (Å²) in [4.78, 5) is 31.6. The average Bonchev–Trinajstić information content (AvgIpc) is 3.29. The number of aliphatic carboxylic acids is 1. The predicted octanol–water partition coefficient (Wildman–Crippen LogP) is 6.34. The van der Waals surface area contributed by atoms with Gasteiger partial charge in [0.2, 0.25) is 0 Å². The van der Waals surface area contributed by atoms with Gasteiger partial charge in [-0.25, -0.2) is 4.98 Å². The summed E-state index contributed by atoms with van der Waals surface area (Å²) in [5.74, 6) is -2.29. The van der Waals surface area contributed by atoms with Crippen molar-refractivity contribution in [1.29, 1.82) is 0 Å². The number of thiazole rings is 1. The lowest BCUT2D eigenvalue weighted by molar-refractivity contribution is -0.140. The minimum absolute atomic E-state index is 0.125. The van der Waals surface area contributed by atoms with Crippen LogP contribution in [0.2, 0.25) is 0 Å². The van der Waals surface area contributed by atoms with Gasteiger partial charge < -0.3 is 14.9 Å². The second kappa shape index (κ2) is 13.0. The van der Waals surface area contributed by atoms with Crippen molar-refractivity contribution in [2.75, 3.05) is 0 Å². The van der Waals surface area contributed by atoms with E-state index in [1.165, 1.54) is 5.57 Å². The standard InChI is InChI=1S/C27H42N4O5S/c1-16(13-20-15-37-19(4)29-20)10-11-22-27(7,36-22)12-8-9-17(2)24(34)18(3)25(35)26(5,6)21(30-31-28)14-23(32)33/h13,15,17-18,21-22,24,34H,8-12,14H2,1-7H3,(H,32,33)/t17-,18+,21-,22-,24-,27+/m0/s1. The summed E-state index contributed by atoms with van der Waals surface area (Å²) in [5, 5.41) is 26.7. The highest BCUT2D eigenvalue weighted by Gasteiger charge is 2.50. The maximum Gasteiger partial charge on any atom is 0.303 e. The lowest BCUT2D eigenvalue weighted by atomic mass is 9.72. The van der Waals surface area contributed by atoms with Gasteiger partial charge in [0.05, 0.1) is 41.0 Å². The quantitative estimate of drug-likeness (QED) is 0.109. The molecule has 6 atom stereocenters. The molecule has 2 heterocycles. The van der Waals surface area contributed by atoms with Crippen molar-refractivity contribution in [3.63, 3.8) is 0 Å². The molecule has 9 nitrogen and oxygen atoms in total. The van der Waals surface area contributed by atoms with Gasteiger partial charge in [0.1, 0.15) is 5.78 Å². The summed E-state index contributed by atoms with van der Waals surface area (Å²) in [6.07, 6.45) is 5.44. The number of rotatable bonds is 16. The van der Waals surface area contributed by atoms with E-state index in [-0.39, 0.29) is 23.4 Å². The van der Waals surface area contributed by atoms with Gasteiger partial charge in [-0.3, -0.25) is 9.59 Å². The van der Waals surface area contributed by atoms with Crippen LogP contribution in [0, 0.1) is 24.2 Å². The van der Waals surface area contributed by atoms with E-state index in [2.05, 4.69) is 40.3 Å². The van der Waals surface area contributed by atoms with Gasteiger partial charge in [-0.1, -0.05) is 44.8 Å². The van der Waals surface area contributed by atoms with Gasteiger partial charge in [0, 0.05) is 21.6 Å². The molecule has 10 heteroatoms. The molecule has 2 N–H and O–H groups in total. The molecular weight excluding hydrogens is 492 g/mol. The molecule has 0 unspecified atom stereocenters. The van der Waals surface area contributed by atoms with Crippen LogP contribution in [0.15, 0.2) is 16.1 Å². The molecule has 0 saturated carbocycles. The number of carbonyl (C=O) groups is 2. The molecule has 1 aliphatic rings. The van der Waals surface area contributed by atoms with Crippen LogP contribution in [0.5, 0.6) is 0 Å². The Morgan fingerprint density at radius 1 is 1.41 bits per heavy atom. The van der Waals surface area contributed by atoms with E-state index in [9.17, 15) is 14.7 Å². The largest absolute Gasteiger partial charge is 0.481 e. The molecule has 1 aromatic heterocycles. The zero-order valence-corrected chi connectivity index (χ0v) is 23.9. The summed E-state index contributed by atoms with van der Waals surface area (Å²) in [6.45, 7) is 13.0. The number of aromatic nitrogens is 1. The number of azide groups is 1. The molecule has 1 aromatic rings. The first-order chi connectivity index (χ1) is 17.2. The predicted molar refractivity (Wildman–Crippen MR) is 145 cm³/mol.